The van der Waals surface area contributed by atoms with Gasteiger partial charge in [-0.25, -0.2) is 8.42 Å². The van der Waals surface area contributed by atoms with E-state index in [0.29, 0.717) is 5.25 Å². The van der Waals surface area contributed by atoms with Gasteiger partial charge in [0.15, 0.2) is 0 Å². The largest absolute Gasteiger partial charge is 0.389 e. The van der Waals surface area contributed by atoms with Crippen molar-refractivity contribution in [2.45, 2.75) is 54.1 Å². The van der Waals surface area contributed by atoms with Crippen LogP contribution in [0.3, 0.4) is 0 Å². The van der Waals surface area contributed by atoms with E-state index >= 15 is 0 Å². The standard InChI is InChI=1S/C15H22O3S2/c1-11(16)12-6-8-13(9-7-12)19-14-4-3-5-15(10-14)20(2,17)18/h6-9,11,14-16H,3-5,10H2,1-2H3. The zero-order chi connectivity index (χ0) is 14.8. The Kier molecular flexibility index (Phi) is 5.15. The molecule has 3 unspecified atom stereocenters. The van der Waals surface area contributed by atoms with Gasteiger partial charge < -0.3 is 5.11 Å². The van der Waals surface area contributed by atoms with Crippen molar-refractivity contribution >= 4 is 21.6 Å². The quantitative estimate of drug-likeness (QED) is 0.927. The van der Waals surface area contributed by atoms with Gasteiger partial charge in [0.2, 0.25) is 0 Å². The van der Waals surface area contributed by atoms with E-state index in [9.17, 15) is 13.5 Å². The van der Waals surface area contributed by atoms with Gasteiger partial charge in [-0.1, -0.05) is 18.6 Å². The fourth-order valence-electron chi connectivity index (χ4n) is 2.62. The molecule has 0 radical (unpaired) electrons. The highest BCUT2D eigenvalue weighted by atomic mass is 32.2. The first kappa shape index (κ1) is 15.9. The molecule has 0 heterocycles. The summed E-state index contributed by atoms with van der Waals surface area (Å²) >= 11 is 1.76. The lowest BCUT2D eigenvalue weighted by Gasteiger charge is -2.27. The Morgan fingerprint density at radius 3 is 2.45 bits per heavy atom. The molecular weight excluding hydrogens is 292 g/mol. The van der Waals surface area contributed by atoms with Crippen LogP contribution in [0.15, 0.2) is 29.2 Å². The van der Waals surface area contributed by atoms with Gasteiger partial charge in [0, 0.05) is 16.4 Å². The Bertz CT molecular complexity index is 535. The third-order valence-corrected chi connectivity index (χ3v) is 6.79. The molecule has 0 amide bonds. The lowest BCUT2D eigenvalue weighted by atomic mass is 10.00. The summed E-state index contributed by atoms with van der Waals surface area (Å²) in [6.45, 7) is 1.75. The lowest BCUT2D eigenvalue weighted by molar-refractivity contribution is 0.199. The zero-order valence-corrected chi connectivity index (χ0v) is 13.6. The molecule has 1 saturated carbocycles. The molecule has 0 bridgehead atoms. The summed E-state index contributed by atoms with van der Waals surface area (Å²) in [5, 5.41) is 9.69. The van der Waals surface area contributed by atoms with Crippen molar-refractivity contribution in [2.75, 3.05) is 6.26 Å². The van der Waals surface area contributed by atoms with E-state index in [1.807, 2.05) is 24.3 Å². The van der Waals surface area contributed by atoms with Crippen molar-refractivity contribution in [3.63, 3.8) is 0 Å². The number of sulfone groups is 1. The molecule has 2 rings (SSSR count). The van der Waals surface area contributed by atoms with Gasteiger partial charge in [-0.15, -0.1) is 11.8 Å². The molecule has 1 aliphatic carbocycles. The third kappa shape index (κ3) is 4.24. The molecule has 1 aromatic rings. The topological polar surface area (TPSA) is 54.4 Å². The Morgan fingerprint density at radius 1 is 1.25 bits per heavy atom. The Morgan fingerprint density at radius 2 is 1.90 bits per heavy atom. The number of rotatable bonds is 4. The van der Waals surface area contributed by atoms with Crippen molar-refractivity contribution in [2.24, 2.45) is 0 Å². The smallest absolute Gasteiger partial charge is 0.150 e. The van der Waals surface area contributed by atoms with E-state index in [0.717, 1.165) is 36.1 Å². The summed E-state index contributed by atoms with van der Waals surface area (Å²) in [4.78, 5) is 1.15. The highest BCUT2D eigenvalue weighted by Gasteiger charge is 2.29. The van der Waals surface area contributed by atoms with E-state index in [1.165, 1.54) is 6.26 Å². The predicted molar refractivity (Wildman–Crippen MR) is 83.8 cm³/mol. The predicted octanol–water partition coefficient (Wildman–Crippen LogP) is 3.19. The minimum atomic E-state index is -2.92. The SMILES string of the molecule is CC(O)c1ccc(SC2CCCC(S(C)(=O)=O)C2)cc1. The van der Waals surface area contributed by atoms with Crippen LogP contribution in [-0.4, -0.2) is 30.3 Å². The van der Waals surface area contributed by atoms with Crippen molar-refractivity contribution in [1.82, 2.24) is 0 Å². The fraction of sp³-hybridized carbons (Fsp3) is 0.600. The second-order valence-electron chi connectivity index (χ2n) is 5.60. The number of thioether (sulfide) groups is 1. The number of aliphatic hydroxyl groups is 1. The van der Waals surface area contributed by atoms with Crippen molar-refractivity contribution in [3.8, 4) is 0 Å². The van der Waals surface area contributed by atoms with Crippen LogP contribution >= 0.6 is 11.8 Å². The maximum Gasteiger partial charge on any atom is 0.150 e. The van der Waals surface area contributed by atoms with Crippen LogP contribution in [0.2, 0.25) is 0 Å². The first-order valence-corrected chi connectivity index (χ1v) is 9.83. The van der Waals surface area contributed by atoms with Gasteiger partial charge in [0.05, 0.1) is 11.4 Å². The molecule has 0 aliphatic heterocycles. The summed E-state index contributed by atoms with van der Waals surface area (Å²) in [5.41, 5.74) is 0.909. The van der Waals surface area contributed by atoms with Crippen molar-refractivity contribution in [1.29, 1.82) is 0 Å². The molecule has 3 nitrogen and oxygen atoms in total. The molecule has 3 atom stereocenters. The second-order valence-corrected chi connectivity index (χ2v) is 9.30. The van der Waals surface area contributed by atoms with Gasteiger partial charge in [-0.2, -0.15) is 0 Å². The molecule has 1 aliphatic rings. The normalized spacial score (nSPS) is 25.4. The van der Waals surface area contributed by atoms with Crippen molar-refractivity contribution in [3.05, 3.63) is 29.8 Å². The molecule has 5 heteroatoms. The monoisotopic (exact) mass is 314 g/mol. The van der Waals surface area contributed by atoms with Crippen LogP contribution in [-0.2, 0) is 9.84 Å². The Labute approximate surface area is 125 Å². The highest BCUT2D eigenvalue weighted by Crippen LogP contribution is 2.36. The Hall–Kier alpha value is -0.520. The number of hydrogen-bond donors (Lipinski definition) is 1. The molecule has 1 aromatic carbocycles. The molecule has 0 saturated heterocycles. The second kappa shape index (κ2) is 6.50. The fourth-order valence-corrected chi connectivity index (χ4v) is 5.21. The summed E-state index contributed by atoms with van der Waals surface area (Å²) in [6, 6.07) is 7.89. The molecule has 0 aromatic heterocycles. The lowest BCUT2D eigenvalue weighted by Crippen LogP contribution is -2.28. The van der Waals surface area contributed by atoms with Gasteiger partial charge in [-0.3, -0.25) is 0 Å². The first-order chi connectivity index (χ1) is 9.36. The average molecular weight is 314 g/mol. The van der Waals surface area contributed by atoms with E-state index < -0.39 is 15.9 Å². The van der Waals surface area contributed by atoms with E-state index in [-0.39, 0.29) is 5.25 Å². The molecule has 20 heavy (non-hydrogen) atoms. The average Bonchev–Trinajstić information content (AvgIpc) is 2.38. The molecule has 1 fully saturated rings. The van der Waals surface area contributed by atoms with Crippen LogP contribution in [0.4, 0.5) is 0 Å². The van der Waals surface area contributed by atoms with E-state index in [1.54, 1.807) is 18.7 Å². The summed E-state index contributed by atoms with van der Waals surface area (Å²) in [6.07, 6.45) is 4.52. The van der Waals surface area contributed by atoms with E-state index in [4.69, 9.17) is 0 Å². The van der Waals surface area contributed by atoms with Crippen LogP contribution < -0.4 is 0 Å². The number of aliphatic hydroxyl groups excluding tert-OH is 1. The van der Waals surface area contributed by atoms with Gasteiger partial charge in [0.1, 0.15) is 9.84 Å². The van der Waals surface area contributed by atoms with Gasteiger partial charge >= 0.3 is 0 Å². The molecule has 1 N–H and O–H groups in total. The van der Waals surface area contributed by atoms with Gasteiger partial charge in [-0.05, 0) is 43.9 Å². The summed E-state index contributed by atoms with van der Waals surface area (Å²) in [5.74, 6) is 0. The molecule has 112 valence electrons. The van der Waals surface area contributed by atoms with Crippen LogP contribution in [0.25, 0.3) is 0 Å². The third-order valence-electron chi connectivity index (χ3n) is 3.85. The van der Waals surface area contributed by atoms with Crippen molar-refractivity contribution < 1.29 is 13.5 Å². The molecule has 0 spiro atoms. The Balaban J connectivity index is 1.99. The maximum atomic E-state index is 11.7. The number of benzene rings is 1. The van der Waals surface area contributed by atoms with Crippen LogP contribution in [0.1, 0.15) is 44.3 Å². The molecular formula is C15H22O3S2. The highest BCUT2D eigenvalue weighted by molar-refractivity contribution is 8.00. The van der Waals surface area contributed by atoms with Crippen LogP contribution in [0, 0.1) is 0 Å². The zero-order valence-electron chi connectivity index (χ0n) is 12.0. The van der Waals surface area contributed by atoms with Crippen LogP contribution in [0.5, 0.6) is 0 Å². The van der Waals surface area contributed by atoms with E-state index in [2.05, 4.69) is 0 Å². The first-order valence-electron chi connectivity index (χ1n) is 7.00. The maximum absolute atomic E-state index is 11.7. The minimum absolute atomic E-state index is 0.175. The summed E-state index contributed by atoms with van der Waals surface area (Å²) < 4.78 is 23.3. The minimum Gasteiger partial charge on any atom is -0.389 e. The van der Waals surface area contributed by atoms with Gasteiger partial charge in [0.25, 0.3) is 0 Å². The summed E-state index contributed by atoms with van der Waals surface area (Å²) in [7, 11) is -2.92. The number of hydrogen-bond acceptors (Lipinski definition) is 4.